The normalized spacial score (nSPS) is 16.3. The van der Waals surface area contributed by atoms with Crippen molar-refractivity contribution in [2.45, 2.75) is 44.8 Å². The number of hydrogen-bond acceptors (Lipinski definition) is 5. The minimum atomic E-state index is -0.861. The number of ether oxygens (including phenoxy) is 1. The Morgan fingerprint density at radius 3 is 2.48 bits per heavy atom. The van der Waals surface area contributed by atoms with Crippen molar-refractivity contribution in [2.24, 2.45) is 0 Å². The van der Waals surface area contributed by atoms with Crippen LogP contribution in [0.5, 0.6) is 5.75 Å². The van der Waals surface area contributed by atoms with E-state index in [0.29, 0.717) is 24.0 Å². The van der Waals surface area contributed by atoms with Crippen LogP contribution in [0.15, 0.2) is 24.3 Å². The molecule has 7 heteroatoms. The van der Waals surface area contributed by atoms with E-state index in [-0.39, 0.29) is 11.9 Å². The molecule has 0 heterocycles. The Bertz CT molecular complexity index is 543. The molecule has 1 aromatic rings. The van der Waals surface area contributed by atoms with Gasteiger partial charge in [0.15, 0.2) is 0 Å². The predicted molar refractivity (Wildman–Crippen MR) is 84.4 cm³/mol. The summed E-state index contributed by atoms with van der Waals surface area (Å²) in [5.41, 5.74) is 2.03. The first-order valence-corrected chi connectivity index (χ1v) is 7.79. The third kappa shape index (κ3) is 4.94. The summed E-state index contributed by atoms with van der Waals surface area (Å²) < 4.78 is 5.33. The van der Waals surface area contributed by atoms with E-state index >= 15 is 0 Å². The van der Waals surface area contributed by atoms with Crippen LogP contribution in [0.4, 0.5) is 0 Å². The third-order valence-corrected chi connectivity index (χ3v) is 3.68. The maximum Gasteiger partial charge on any atom is 0.267 e. The van der Waals surface area contributed by atoms with Crippen LogP contribution in [0.1, 0.15) is 37.0 Å². The lowest BCUT2D eigenvalue weighted by molar-refractivity contribution is -0.131. The van der Waals surface area contributed by atoms with Crippen molar-refractivity contribution in [3.05, 3.63) is 29.8 Å². The van der Waals surface area contributed by atoms with E-state index in [2.05, 4.69) is 10.6 Å². The summed E-state index contributed by atoms with van der Waals surface area (Å²) in [6, 6.07) is 5.89. The number of carbonyl (C=O) groups excluding carboxylic acids is 2. The van der Waals surface area contributed by atoms with Gasteiger partial charge < -0.3 is 15.4 Å². The number of nitrogens with one attached hydrogen (secondary N) is 3. The van der Waals surface area contributed by atoms with E-state index < -0.39 is 11.9 Å². The van der Waals surface area contributed by atoms with E-state index in [1.807, 2.05) is 6.92 Å². The molecule has 1 fully saturated rings. The summed E-state index contributed by atoms with van der Waals surface area (Å²) in [6.07, 6.45) is 2.12. The fourth-order valence-corrected chi connectivity index (χ4v) is 2.30. The molecule has 23 heavy (non-hydrogen) atoms. The fraction of sp³-hybridized carbons (Fsp3) is 0.500. The lowest BCUT2D eigenvalue weighted by Gasteiger charge is -2.24. The van der Waals surface area contributed by atoms with Crippen LogP contribution >= 0.6 is 0 Å². The van der Waals surface area contributed by atoms with E-state index in [1.54, 1.807) is 36.7 Å². The lowest BCUT2D eigenvalue weighted by Crippen LogP contribution is -2.56. The van der Waals surface area contributed by atoms with Gasteiger partial charge in [-0.05, 0) is 51.0 Å². The van der Waals surface area contributed by atoms with E-state index in [1.165, 1.54) is 0 Å². The average molecular weight is 321 g/mol. The monoisotopic (exact) mass is 321 g/mol. The minimum Gasteiger partial charge on any atom is -0.494 e. The van der Waals surface area contributed by atoms with Crippen molar-refractivity contribution in [1.29, 1.82) is 0 Å². The van der Waals surface area contributed by atoms with E-state index in [4.69, 9.17) is 9.94 Å². The maximum atomic E-state index is 12.3. The predicted octanol–water partition coefficient (Wildman–Crippen LogP) is 0.830. The Hall–Kier alpha value is -2.12. The zero-order chi connectivity index (χ0) is 16.8. The molecule has 1 aliphatic rings. The number of hydroxylamine groups is 1. The highest BCUT2D eigenvalue weighted by molar-refractivity contribution is 5.97. The van der Waals surface area contributed by atoms with Gasteiger partial charge in [-0.2, -0.15) is 0 Å². The third-order valence-electron chi connectivity index (χ3n) is 3.68. The van der Waals surface area contributed by atoms with Crippen LogP contribution in [0.25, 0.3) is 0 Å². The molecule has 2 atom stereocenters. The topological polar surface area (TPSA) is 99.7 Å². The first-order valence-electron chi connectivity index (χ1n) is 7.79. The van der Waals surface area contributed by atoms with Gasteiger partial charge in [-0.3, -0.25) is 14.8 Å². The smallest absolute Gasteiger partial charge is 0.267 e. The van der Waals surface area contributed by atoms with Crippen LogP contribution in [0, 0.1) is 0 Å². The van der Waals surface area contributed by atoms with Crippen LogP contribution < -0.4 is 20.9 Å². The summed E-state index contributed by atoms with van der Waals surface area (Å²) in [6.45, 7) is 4.23. The molecule has 126 valence electrons. The summed E-state index contributed by atoms with van der Waals surface area (Å²) in [5, 5.41) is 14.8. The molecule has 7 nitrogen and oxygen atoms in total. The van der Waals surface area contributed by atoms with Crippen molar-refractivity contribution in [3.63, 3.8) is 0 Å². The molecule has 2 rings (SSSR count). The summed E-state index contributed by atoms with van der Waals surface area (Å²) >= 11 is 0. The highest BCUT2D eigenvalue weighted by Crippen LogP contribution is 2.20. The van der Waals surface area contributed by atoms with Crippen LogP contribution in [-0.2, 0) is 4.79 Å². The molecule has 0 aromatic heterocycles. The van der Waals surface area contributed by atoms with Gasteiger partial charge in [-0.25, -0.2) is 5.48 Å². The molecule has 1 saturated carbocycles. The molecule has 4 N–H and O–H groups in total. The number of rotatable bonds is 8. The van der Waals surface area contributed by atoms with Gasteiger partial charge in [0.2, 0.25) is 0 Å². The second-order valence-corrected chi connectivity index (χ2v) is 5.61. The van der Waals surface area contributed by atoms with Gasteiger partial charge in [0.05, 0.1) is 6.61 Å². The number of benzene rings is 1. The number of carbonyl (C=O) groups is 2. The van der Waals surface area contributed by atoms with Crippen LogP contribution in [0.3, 0.4) is 0 Å². The molecule has 0 unspecified atom stereocenters. The second kappa shape index (κ2) is 7.94. The van der Waals surface area contributed by atoms with Crippen molar-refractivity contribution in [3.8, 4) is 5.75 Å². The standard InChI is InChI=1S/C16H23N3O4/c1-3-23-13-8-4-11(5-9-13)15(20)18-14(16(21)19-22)10(2)17-12-6-7-12/h4-5,8-10,12,14,17,22H,3,6-7H2,1-2H3,(H,18,20)(H,19,21)/t10-,14+/m1/s1. The Morgan fingerprint density at radius 2 is 1.96 bits per heavy atom. The molecular formula is C16H23N3O4. The van der Waals surface area contributed by atoms with E-state index in [9.17, 15) is 9.59 Å². The van der Waals surface area contributed by atoms with Gasteiger partial charge in [0.1, 0.15) is 11.8 Å². The quantitative estimate of drug-likeness (QED) is 0.420. The van der Waals surface area contributed by atoms with Crippen LogP contribution in [0.2, 0.25) is 0 Å². The zero-order valence-corrected chi connectivity index (χ0v) is 13.3. The molecule has 1 aromatic carbocycles. The van der Waals surface area contributed by atoms with Gasteiger partial charge in [0.25, 0.3) is 11.8 Å². The van der Waals surface area contributed by atoms with Gasteiger partial charge in [-0.1, -0.05) is 0 Å². The first kappa shape index (κ1) is 17.2. The lowest BCUT2D eigenvalue weighted by atomic mass is 10.1. The van der Waals surface area contributed by atoms with Crippen molar-refractivity contribution in [1.82, 2.24) is 16.1 Å². The highest BCUT2D eigenvalue weighted by atomic mass is 16.5. The second-order valence-electron chi connectivity index (χ2n) is 5.61. The molecular weight excluding hydrogens is 298 g/mol. The van der Waals surface area contributed by atoms with Crippen molar-refractivity contribution < 1.29 is 19.5 Å². The Kier molecular flexibility index (Phi) is 5.95. The molecule has 0 saturated heterocycles. The van der Waals surface area contributed by atoms with Crippen molar-refractivity contribution in [2.75, 3.05) is 6.61 Å². The SMILES string of the molecule is CCOc1ccc(C(=O)N[C@H](C(=O)NO)[C@@H](C)NC2CC2)cc1. The van der Waals surface area contributed by atoms with Gasteiger partial charge >= 0.3 is 0 Å². The number of hydrogen-bond donors (Lipinski definition) is 4. The maximum absolute atomic E-state index is 12.3. The Labute approximate surface area is 135 Å². The van der Waals surface area contributed by atoms with Crippen molar-refractivity contribution >= 4 is 11.8 Å². The molecule has 0 bridgehead atoms. The van der Waals surface area contributed by atoms with Gasteiger partial charge in [-0.15, -0.1) is 0 Å². The Balaban J connectivity index is 2.01. The summed E-state index contributed by atoms with van der Waals surface area (Å²) in [7, 11) is 0. The molecule has 0 aliphatic heterocycles. The van der Waals surface area contributed by atoms with E-state index in [0.717, 1.165) is 12.8 Å². The molecule has 2 amide bonds. The Morgan fingerprint density at radius 1 is 1.30 bits per heavy atom. The minimum absolute atomic E-state index is 0.290. The fourth-order valence-electron chi connectivity index (χ4n) is 2.30. The first-order chi connectivity index (χ1) is 11.0. The molecule has 0 radical (unpaired) electrons. The molecule has 1 aliphatic carbocycles. The van der Waals surface area contributed by atoms with Crippen LogP contribution in [-0.4, -0.2) is 41.8 Å². The average Bonchev–Trinajstić information content (AvgIpc) is 3.36. The number of amides is 2. The molecule has 0 spiro atoms. The summed E-state index contributed by atoms with van der Waals surface area (Å²) in [5.74, 6) is -0.353. The largest absolute Gasteiger partial charge is 0.494 e. The van der Waals surface area contributed by atoms with Gasteiger partial charge in [0, 0.05) is 17.6 Å². The zero-order valence-electron chi connectivity index (χ0n) is 13.3. The summed E-state index contributed by atoms with van der Waals surface area (Å²) in [4.78, 5) is 24.1. The highest BCUT2D eigenvalue weighted by Gasteiger charge is 2.31.